The summed E-state index contributed by atoms with van der Waals surface area (Å²) in [5, 5.41) is 8.66. The van der Waals surface area contributed by atoms with Crippen LogP contribution in [0, 0.1) is 17.1 Å². The molecule has 0 saturated carbocycles. The molecule has 4 nitrogen and oxygen atoms in total. The zero-order chi connectivity index (χ0) is 13.8. The quantitative estimate of drug-likeness (QED) is 0.917. The summed E-state index contributed by atoms with van der Waals surface area (Å²) in [5.41, 5.74) is 6.51. The van der Waals surface area contributed by atoms with Gasteiger partial charge in [0.05, 0.1) is 5.56 Å². The monoisotopic (exact) mass is 257 g/mol. The number of ether oxygens (including phenoxy) is 1. The second-order valence-electron chi connectivity index (χ2n) is 4.04. The van der Waals surface area contributed by atoms with Crippen molar-refractivity contribution in [3.8, 4) is 17.7 Å². The van der Waals surface area contributed by atoms with Crippen LogP contribution in [0.4, 0.5) is 4.39 Å². The fourth-order valence-electron chi connectivity index (χ4n) is 1.60. The molecule has 1 aromatic carbocycles. The average molecular weight is 257 g/mol. The molecule has 5 heteroatoms. The van der Waals surface area contributed by atoms with Gasteiger partial charge in [0.25, 0.3) is 0 Å². The van der Waals surface area contributed by atoms with E-state index in [9.17, 15) is 4.39 Å². The molecule has 0 bridgehead atoms. The molecule has 1 heterocycles. The van der Waals surface area contributed by atoms with Gasteiger partial charge in [-0.25, -0.2) is 9.37 Å². The van der Waals surface area contributed by atoms with Crippen LogP contribution in [0.2, 0.25) is 0 Å². The zero-order valence-corrected chi connectivity index (χ0v) is 10.3. The van der Waals surface area contributed by atoms with Gasteiger partial charge in [-0.3, -0.25) is 0 Å². The van der Waals surface area contributed by atoms with Crippen molar-refractivity contribution in [3.63, 3.8) is 0 Å². The van der Waals surface area contributed by atoms with Crippen molar-refractivity contribution in [3.05, 3.63) is 53.5 Å². The largest absolute Gasteiger partial charge is 0.439 e. The molecule has 1 atom stereocenters. The maximum Gasteiger partial charge on any atom is 0.223 e. The standard InChI is InChI=1S/C14H12FN3O/c1-9(17)12-3-2-6-18-14(12)19-11-5-4-10(8-16)13(15)7-11/h2-7,9H,17H2,1H3/t9-/m1/s1. The van der Waals surface area contributed by atoms with Crippen molar-refractivity contribution >= 4 is 0 Å². The first-order chi connectivity index (χ1) is 9.11. The van der Waals surface area contributed by atoms with E-state index in [1.54, 1.807) is 24.4 Å². The molecule has 2 N–H and O–H groups in total. The summed E-state index contributed by atoms with van der Waals surface area (Å²) in [6.07, 6.45) is 1.57. The van der Waals surface area contributed by atoms with E-state index in [4.69, 9.17) is 15.7 Å². The lowest BCUT2D eigenvalue weighted by atomic mass is 10.1. The Morgan fingerprint density at radius 1 is 1.42 bits per heavy atom. The molecular weight excluding hydrogens is 245 g/mol. The average Bonchev–Trinajstić information content (AvgIpc) is 2.39. The number of rotatable bonds is 3. The van der Waals surface area contributed by atoms with Crippen LogP contribution in [0.25, 0.3) is 0 Å². The van der Waals surface area contributed by atoms with E-state index in [1.165, 1.54) is 12.1 Å². The molecule has 0 aliphatic heterocycles. The third-order valence-corrected chi connectivity index (χ3v) is 2.57. The lowest BCUT2D eigenvalue weighted by Crippen LogP contribution is -2.07. The highest BCUT2D eigenvalue weighted by atomic mass is 19.1. The van der Waals surface area contributed by atoms with Gasteiger partial charge in [-0.2, -0.15) is 5.26 Å². The summed E-state index contributed by atoms with van der Waals surface area (Å²) in [4.78, 5) is 4.08. The summed E-state index contributed by atoms with van der Waals surface area (Å²) in [6, 6.07) is 9.09. The van der Waals surface area contributed by atoms with Crippen molar-refractivity contribution in [2.75, 3.05) is 0 Å². The highest BCUT2D eigenvalue weighted by molar-refractivity contribution is 5.39. The lowest BCUT2D eigenvalue weighted by molar-refractivity contribution is 0.447. The van der Waals surface area contributed by atoms with E-state index in [0.29, 0.717) is 5.88 Å². The SMILES string of the molecule is C[C@@H](N)c1cccnc1Oc1ccc(C#N)c(F)c1. The Hall–Kier alpha value is -2.45. The van der Waals surface area contributed by atoms with Crippen molar-refractivity contribution in [2.24, 2.45) is 5.73 Å². The molecule has 0 spiro atoms. The van der Waals surface area contributed by atoms with Gasteiger partial charge in [0.2, 0.25) is 5.88 Å². The van der Waals surface area contributed by atoms with Gasteiger partial charge in [-0.05, 0) is 25.1 Å². The molecule has 0 aliphatic rings. The van der Waals surface area contributed by atoms with E-state index in [0.717, 1.165) is 11.6 Å². The van der Waals surface area contributed by atoms with Gasteiger partial charge in [0.1, 0.15) is 17.6 Å². The molecule has 2 rings (SSSR count). The van der Waals surface area contributed by atoms with Crippen molar-refractivity contribution in [1.82, 2.24) is 4.98 Å². The van der Waals surface area contributed by atoms with Gasteiger partial charge in [0, 0.05) is 23.9 Å². The minimum atomic E-state index is -0.627. The molecule has 0 fully saturated rings. The number of aromatic nitrogens is 1. The third-order valence-electron chi connectivity index (χ3n) is 2.57. The predicted molar refractivity (Wildman–Crippen MR) is 68.0 cm³/mol. The van der Waals surface area contributed by atoms with E-state index in [2.05, 4.69) is 4.98 Å². The minimum Gasteiger partial charge on any atom is -0.439 e. The third kappa shape index (κ3) is 2.87. The predicted octanol–water partition coefficient (Wildman–Crippen LogP) is 2.90. The second-order valence-corrected chi connectivity index (χ2v) is 4.04. The van der Waals surface area contributed by atoms with Crippen LogP contribution in [0.3, 0.4) is 0 Å². The van der Waals surface area contributed by atoms with E-state index >= 15 is 0 Å². The Bertz CT molecular complexity index is 635. The van der Waals surface area contributed by atoms with E-state index < -0.39 is 5.82 Å². The summed E-state index contributed by atoms with van der Waals surface area (Å²) >= 11 is 0. The maximum absolute atomic E-state index is 13.5. The minimum absolute atomic E-state index is 0.0270. The number of pyridine rings is 1. The van der Waals surface area contributed by atoms with E-state index in [1.807, 2.05) is 6.92 Å². The first-order valence-electron chi connectivity index (χ1n) is 5.70. The number of nitrogens with two attached hydrogens (primary N) is 1. The Morgan fingerprint density at radius 2 is 2.21 bits per heavy atom. The molecular formula is C14H12FN3O. The molecule has 96 valence electrons. The second kappa shape index (κ2) is 5.46. The fraction of sp³-hybridized carbons (Fsp3) is 0.143. The van der Waals surface area contributed by atoms with Crippen molar-refractivity contribution in [2.45, 2.75) is 13.0 Å². The molecule has 1 aromatic heterocycles. The van der Waals surface area contributed by atoms with Crippen LogP contribution in [0.5, 0.6) is 11.6 Å². The summed E-state index contributed by atoms with van der Waals surface area (Å²) in [7, 11) is 0. The van der Waals surface area contributed by atoms with Crippen LogP contribution in [0.1, 0.15) is 24.1 Å². The first-order valence-corrected chi connectivity index (χ1v) is 5.70. The molecule has 19 heavy (non-hydrogen) atoms. The molecule has 0 amide bonds. The topological polar surface area (TPSA) is 71.9 Å². The summed E-state index contributed by atoms with van der Waals surface area (Å²) < 4.78 is 19.0. The molecule has 0 saturated heterocycles. The molecule has 2 aromatic rings. The van der Waals surface area contributed by atoms with E-state index in [-0.39, 0.29) is 17.4 Å². The summed E-state index contributed by atoms with van der Waals surface area (Å²) in [6.45, 7) is 1.81. The normalized spacial score (nSPS) is 11.7. The number of hydrogen-bond acceptors (Lipinski definition) is 4. The number of benzene rings is 1. The van der Waals surface area contributed by atoms with Crippen LogP contribution < -0.4 is 10.5 Å². The van der Waals surface area contributed by atoms with Gasteiger partial charge >= 0.3 is 0 Å². The maximum atomic E-state index is 13.5. The fourth-order valence-corrected chi connectivity index (χ4v) is 1.60. The first kappa shape index (κ1) is 13.0. The van der Waals surface area contributed by atoms with Gasteiger partial charge in [0.15, 0.2) is 0 Å². The Morgan fingerprint density at radius 3 is 2.84 bits per heavy atom. The van der Waals surface area contributed by atoms with Crippen molar-refractivity contribution < 1.29 is 9.13 Å². The van der Waals surface area contributed by atoms with Gasteiger partial charge in [-0.1, -0.05) is 6.07 Å². The highest BCUT2D eigenvalue weighted by Crippen LogP contribution is 2.27. The van der Waals surface area contributed by atoms with Crippen molar-refractivity contribution in [1.29, 1.82) is 5.26 Å². The van der Waals surface area contributed by atoms with Crippen LogP contribution in [-0.4, -0.2) is 4.98 Å². The lowest BCUT2D eigenvalue weighted by Gasteiger charge is -2.12. The molecule has 0 radical (unpaired) electrons. The smallest absolute Gasteiger partial charge is 0.223 e. The number of hydrogen-bond donors (Lipinski definition) is 1. The van der Waals surface area contributed by atoms with Gasteiger partial charge < -0.3 is 10.5 Å². The molecule has 0 aliphatic carbocycles. The highest BCUT2D eigenvalue weighted by Gasteiger charge is 2.11. The number of nitriles is 1. The Balaban J connectivity index is 2.32. The molecule has 0 unspecified atom stereocenters. The van der Waals surface area contributed by atoms with Crippen LogP contribution in [-0.2, 0) is 0 Å². The zero-order valence-electron chi connectivity index (χ0n) is 10.3. The van der Waals surface area contributed by atoms with Crippen LogP contribution in [0.15, 0.2) is 36.5 Å². The van der Waals surface area contributed by atoms with Gasteiger partial charge in [-0.15, -0.1) is 0 Å². The Labute approximate surface area is 110 Å². The Kier molecular flexibility index (Phi) is 3.74. The number of nitrogens with zero attached hydrogens (tertiary/aromatic N) is 2. The number of halogens is 1. The van der Waals surface area contributed by atoms with Crippen LogP contribution >= 0.6 is 0 Å². The summed E-state index contributed by atoms with van der Waals surface area (Å²) in [5.74, 6) is -0.0167.